The van der Waals surface area contributed by atoms with Gasteiger partial charge in [-0.3, -0.25) is 9.59 Å². The monoisotopic (exact) mass is 274 g/mol. The van der Waals surface area contributed by atoms with Crippen molar-refractivity contribution in [1.82, 2.24) is 10.2 Å². The van der Waals surface area contributed by atoms with Gasteiger partial charge in [0.25, 0.3) is 0 Å². The lowest BCUT2D eigenvalue weighted by Crippen LogP contribution is -2.60. The molecule has 0 saturated carbocycles. The molecule has 5 nitrogen and oxygen atoms in total. The Balaban J connectivity index is 2.02. The molecule has 0 unspecified atom stereocenters. The number of ether oxygens (including phenoxy) is 1. The van der Waals surface area contributed by atoms with E-state index in [9.17, 15) is 9.59 Å². The van der Waals surface area contributed by atoms with E-state index in [2.05, 4.69) is 11.9 Å². The molecule has 20 heavy (non-hydrogen) atoms. The van der Waals surface area contributed by atoms with Crippen molar-refractivity contribution in [1.29, 1.82) is 0 Å². The average molecular weight is 274 g/mol. The van der Waals surface area contributed by atoms with Crippen LogP contribution in [0.1, 0.15) is 5.56 Å². The Kier molecular flexibility index (Phi) is 4.20. The van der Waals surface area contributed by atoms with Crippen LogP contribution >= 0.6 is 0 Å². The molecule has 1 heterocycles. The Morgan fingerprint density at radius 3 is 2.55 bits per heavy atom. The summed E-state index contributed by atoms with van der Waals surface area (Å²) in [6.45, 7) is 4.29. The van der Waals surface area contributed by atoms with Crippen LogP contribution in [0.3, 0.4) is 0 Å². The summed E-state index contributed by atoms with van der Waals surface area (Å²) in [5, 5.41) is 2.96. The summed E-state index contributed by atoms with van der Waals surface area (Å²) in [6, 6.07) is 9.70. The predicted octanol–water partition coefficient (Wildman–Crippen LogP) is 0.673. The minimum absolute atomic E-state index is 0.000559. The van der Waals surface area contributed by atoms with Gasteiger partial charge in [-0.25, -0.2) is 0 Å². The zero-order valence-corrected chi connectivity index (χ0v) is 11.5. The van der Waals surface area contributed by atoms with Crippen LogP contribution in [-0.2, 0) is 19.9 Å². The first-order chi connectivity index (χ1) is 9.57. The van der Waals surface area contributed by atoms with E-state index < -0.39 is 5.54 Å². The quantitative estimate of drug-likeness (QED) is 0.803. The molecule has 0 aromatic heterocycles. The number of nitrogens with zero attached hydrogens (tertiary/aromatic N) is 1. The van der Waals surface area contributed by atoms with Crippen molar-refractivity contribution in [3.05, 3.63) is 48.6 Å². The first-order valence-electron chi connectivity index (χ1n) is 6.39. The van der Waals surface area contributed by atoms with Gasteiger partial charge in [-0.1, -0.05) is 36.9 Å². The van der Waals surface area contributed by atoms with Gasteiger partial charge < -0.3 is 15.0 Å². The van der Waals surface area contributed by atoms with E-state index in [1.807, 2.05) is 30.3 Å². The summed E-state index contributed by atoms with van der Waals surface area (Å²) in [5.74, 6) is -0.492. The van der Waals surface area contributed by atoms with E-state index in [1.54, 1.807) is 7.05 Å². The van der Waals surface area contributed by atoms with Crippen molar-refractivity contribution >= 4 is 11.8 Å². The van der Waals surface area contributed by atoms with Gasteiger partial charge in [0, 0.05) is 7.05 Å². The fraction of sp³-hybridized carbons (Fsp3) is 0.333. The Morgan fingerprint density at radius 2 is 2.05 bits per heavy atom. The normalized spacial score (nSPS) is 15.8. The largest absolute Gasteiger partial charge is 0.376 e. The lowest BCUT2D eigenvalue weighted by Gasteiger charge is -2.42. The number of carbonyl (C=O) groups excluding carboxylic acids is 2. The van der Waals surface area contributed by atoms with Crippen LogP contribution in [0.25, 0.3) is 0 Å². The number of likely N-dealkylation sites (N-methyl/N-ethyl adjacent to an activating group) is 1. The zero-order chi connectivity index (χ0) is 14.6. The van der Waals surface area contributed by atoms with Crippen LogP contribution < -0.4 is 5.32 Å². The molecular weight excluding hydrogens is 256 g/mol. The van der Waals surface area contributed by atoms with Crippen molar-refractivity contribution in [2.75, 3.05) is 26.8 Å². The van der Waals surface area contributed by atoms with Crippen LogP contribution in [0, 0.1) is 0 Å². The maximum absolute atomic E-state index is 12.1. The van der Waals surface area contributed by atoms with E-state index >= 15 is 0 Å². The van der Waals surface area contributed by atoms with Crippen LogP contribution in [0.15, 0.2) is 43.0 Å². The topological polar surface area (TPSA) is 58.6 Å². The molecule has 1 aliphatic heterocycles. The van der Waals surface area contributed by atoms with Crippen molar-refractivity contribution in [3.63, 3.8) is 0 Å². The lowest BCUT2D eigenvalue weighted by molar-refractivity contribution is -0.138. The molecular formula is C15H18N2O3. The van der Waals surface area contributed by atoms with Crippen molar-refractivity contribution in [3.8, 4) is 0 Å². The van der Waals surface area contributed by atoms with E-state index in [-0.39, 0.29) is 18.4 Å². The third-order valence-corrected chi connectivity index (χ3v) is 3.33. The molecule has 1 saturated heterocycles. The van der Waals surface area contributed by atoms with Gasteiger partial charge in [-0.2, -0.15) is 0 Å². The van der Waals surface area contributed by atoms with E-state index in [0.717, 1.165) is 5.56 Å². The Hall–Kier alpha value is -2.14. The highest BCUT2D eigenvalue weighted by Gasteiger charge is 2.41. The third kappa shape index (κ3) is 2.88. The first-order valence-corrected chi connectivity index (χ1v) is 6.39. The molecule has 5 heteroatoms. The van der Waals surface area contributed by atoms with Crippen LogP contribution in [0.2, 0.25) is 0 Å². The SMILES string of the molecule is C=CC(=O)N(C)CC(=O)NC1(c2ccccc2)COC1. The number of carbonyl (C=O) groups is 2. The van der Waals surface area contributed by atoms with E-state index in [4.69, 9.17) is 4.74 Å². The molecule has 2 amide bonds. The highest BCUT2D eigenvalue weighted by Crippen LogP contribution is 2.29. The number of rotatable bonds is 5. The van der Waals surface area contributed by atoms with Gasteiger partial charge in [0.15, 0.2) is 0 Å². The third-order valence-electron chi connectivity index (χ3n) is 3.33. The average Bonchev–Trinajstić information content (AvgIpc) is 2.42. The molecule has 1 aromatic carbocycles. The molecule has 0 aliphatic carbocycles. The standard InChI is InChI=1S/C15H18N2O3/c1-3-14(19)17(2)9-13(18)16-15(10-20-11-15)12-7-5-4-6-8-12/h3-8H,1,9-11H2,2H3,(H,16,18). The van der Waals surface area contributed by atoms with Gasteiger partial charge in [-0.05, 0) is 11.6 Å². The van der Waals surface area contributed by atoms with Gasteiger partial charge in [0.05, 0.1) is 19.8 Å². The second-order valence-electron chi connectivity index (χ2n) is 4.89. The molecule has 0 spiro atoms. The molecule has 1 fully saturated rings. The zero-order valence-electron chi connectivity index (χ0n) is 11.5. The number of hydrogen-bond donors (Lipinski definition) is 1. The number of nitrogens with one attached hydrogen (secondary N) is 1. The summed E-state index contributed by atoms with van der Waals surface area (Å²) < 4.78 is 5.26. The van der Waals surface area contributed by atoms with Crippen LogP contribution in [0.4, 0.5) is 0 Å². The lowest BCUT2D eigenvalue weighted by atomic mass is 9.88. The van der Waals surface area contributed by atoms with Crippen molar-refractivity contribution < 1.29 is 14.3 Å². The highest BCUT2D eigenvalue weighted by atomic mass is 16.5. The first kappa shape index (κ1) is 14.3. The van der Waals surface area contributed by atoms with Gasteiger partial charge >= 0.3 is 0 Å². The fourth-order valence-corrected chi connectivity index (χ4v) is 2.13. The molecule has 0 bridgehead atoms. The second kappa shape index (κ2) is 5.88. The summed E-state index contributed by atoms with van der Waals surface area (Å²) in [4.78, 5) is 24.8. The number of hydrogen-bond acceptors (Lipinski definition) is 3. The predicted molar refractivity (Wildman–Crippen MR) is 74.9 cm³/mol. The Labute approximate surface area is 118 Å². The summed E-state index contributed by atoms with van der Waals surface area (Å²) in [6.07, 6.45) is 1.19. The van der Waals surface area contributed by atoms with Crippen molar-refractivity contribution in [2.45, 2.75) is 5.54 Å². The van der Waals surface area contributed by atoms with Gasteiger partial charge in [-0.15, -0.1) is 0 Å². The molecule has 106 valence electrons. The molecule has 1 N–H and O–H groups in total. The Morgan fingerprint density at radius 1 is 1.40 bits per heavy atom. The Bertz CT molecular complexity index is 509. The van der Waals surface area contributed by atoms with Crippen LogP contribution in [0.5, 0.6) is 0 Å². The number of amides is 2. The molecule has 1 aliphatic rings. The smallest absolute Gasteiger partial charge is 0.246 e. The molecule has 1 aromatic rings. The molecule has 2 rings (SSSR count). The van der Waals surface area contributed by atoms with Gasteiger partial charge in [0.1, 0.15) is 5.54 Å². The molecule has 0 atom stereocenters. The van der Waals surface area contributed by atoms with Crippen molar-refractivity contribution in [2.24, 2.45) is 0 Å². The minimum Gasteiger partial charge on any atom is -0.376 e. The van der Waals surface area contributed by atoms with Crippen LogP contribution in [-0.4, -0.2) is 43.5 Å². The summed E-state index contributed by atoms with van der Waals surface area (Å²) in [5.41, 5.74) is 0.536. The number of benzene rings is 1. The van der Waals surface area contributed by atoms with Gasteiger partial charge in [0.2, 0.25) is 11.8 Å². The summed E-state index contributed by atoms with van der Waals surface area (Å²) in [7, 11) is 1.57. The summed E-state index contributed by atoms with van der Waals surface area (Å²) >= 11 is 0. The van der Waals surface area contributed by atoms with E-state index in [1.165, 1.54) is 11.0 Å². The maximum Gasteiger partial charge on any atom is 0.246 e. The minimum atomic E-state index is -0.476. The second-order valence-corrected chi connectivity index (χ2v) is 4.89. The highest BCUT2D eigenvalue weighted by molar-refractivity contribution is 5.90. The maximum atomic E-state index is 12.1. The molecule has 0 radical (unpaired) electrons. The fourth-order valence-electron chi connectivity index (χ4n) is 2.13. The van der Waals surface area contributed by atoms with E-state index in [0.29, 0.717) is 13.2 Å².